The first-order valence-corrected chi connectivity index (χ1v) is 7.46. The van der Waals surface area contributed by atoms with Crippen LogP contribution >= 0.6 is 0 Å². The van der Waals surface area contributed by atoms with Gasteiger partial charge in [-0.05, 0) is 37.6 Å². The van der Waals surface area contributed by atoms with Gasteiger partial charge in [-0.3, -0.25) is 0 Å². The van der Waals surface area contributed by atoms with Crippen LogP contribution in [0.1, 0.15) is 53.4 Å². The first kappa shape index (κ1) is 15.9. The van der Waals surface area contributed by atoms with Crippen LogP contribution in [0.2, 0.25) is 0 Å². The number of nitrogens with one attached hydrogen (secondary N) is 1. The van der Waals surface area contributed by atoms with Gasteiger partial charge in [0.25, 0.3) is 0 Å². The molecule has 0 aromatic rings. The van der Waals surface area contributed by atoms with Gasteiger partial charge in [0.2, 0.25) is 0 Å². The predicted octanol–water partition coefficient (Wildman–Crippen LogP) is 2.99. The summed E-state index contributed by atoms with van der Waals surface area (Å²) in [5, 5.41) is 3.58. The zero-order valence-electron chi connectivity index (χ0n) is 12.6. The summed E-state index contributed by atoms with van der Waals surface area (Å²) in [6.07, 6.45) is 5.13. The van der Waals surface area contributed by atoms with Crippen molar-refractivity contribution in [1.29, 1.82) is 0 Å². The van der Waals surface area contributed by atoms with Crippen molar-refractivity contribution in [2.75, 3.05) is 26.4 Å². The number of rotatable bonds is 7. The molecule has 0 radical (unpaired) electrons. The second kappa shape index (κ2) is 8.13. The van der Waals surface area contributed by atoms with E-state index in [1.807, 2.05) is 0 Å². The van der Waals surface area contributed by atoms with E-state index in [-0.39, 0.29) is 5.41 Å². The molecule has 0 saturated carbocycles. The van der Waals surface area contributed by atoms with Crippen LogP contribution in [-0.2, 0) is 9.47 Å². The Kier molecular flexibility index (Phi) is 7.20. The van der Waals surface area contributed by atoms with Crippen LogP contribution in [0.15, 0.2) is 0 Å². The van der Waals surface area contributed by atoms with Crippen molar-refractivity contribution in [3.63, 3.8) is 0 Å². The molecule has 1 rings (SSSR count). The van der Waals surface area contributed by atoms with Crippen LogP contribution in [0.4, 0.5) is 0 Å². The Morgan fingerprint density at radius 2 is 2.11 bits per heavy atom. The molecule has 1 aliphatic heterocycles. The second-order valence-corrected chi connectivity index (χ2v) is 6.40. The maximum absolute atomic E-state index is 5.87. The highest BCUT2D eigenvalue weighted by Gasteiger charge is 2.24. The van der Waals surface area contributed by atoms with Crippen LogP contribution in [0, 0.1) is 5.41 Å². The van der Waals surface area contributed by atoms with Gasteiger partial charge in [0, 0.05) is 12.6 Å². The van der Waals surface area contributed by atoms with Crippen molar-refractivity contribution < 1.29 is 9.47 Å². The Labute approximate surface area is 113 Å². The first-order chi connectivity index (χ1) is 8.54. The lowest BCUT2D eigenvalue weighted by atomic mass is 9.87. The molecular formula is C15H31NO2. The standard InChI is InChI=1S/C15H31NO2/c1-5-9-16-14(15(2,3)4)12-17-11-13-8-6-7-10-18-13/h13-14,16H,5-12H2,1-4H3. The molecule has 1 aliphatic rings. The highest BCUT2D eigenvalue weighted by atomic mass is 16.5. The van der Waals surface area contributed by atoms with E-state index >= 15 is 0 Å². The van der Waals surface area contributed by atoms with Crippen molar-refractivity contribution in [1.82, 2.24) is 5.32 Å². The van der Waals surface area contributed by atoms with Crippen molar-refractivity contribution in [3.05, 3.63) is 0 Å². The van der Waals surface area contributed by atoms with E-state index in [4.69, 9.17) is 9.47 Å². The fourth-order valence-electron chi connectivity index (χ4n) is 2.19. The lowest BCUT2D eigenvalue weighted by Gasteiger charge is -2.32. The Morgan fingerprint density at radius 1 is 1.33 bits per heavy atom. The van der Waals surface area contributed by atoms with Crippen LogP contribution in [0.25, 0.3) is 0 Å². The van der Waals surface area contributed by atoms with Gasteiger partial charge in [0.1, 0.15) is 0 Å². The molecule has 1 N–H and O–H groups in total. The number of hydrogen-bond acceptors (Lipinski definition) is 3. The van der Waals surface area contributed by atoms with Crippen LogP contribution in [-0.4, -0.2) is 38.5 Å². The number of hydrogen-bond donors (Lipinski definition) is 1. The van der Waals surface area contributed by atoms with Crippen LogP contribution in [0.5, 0.6) is 0 Å². The van der Waals surface area contributed by atoms with Crippen LogP contribution < -0.4 is 5.32 Å². The average Bonchev–Trinajstić information content (AvgIpc) is 2.33. The Bertz CT molecular complexity index is 207. The van der Waals surface area contributed by atoms with Gasteiger partial charge >= 0.3 is 0 Å². The molecule has 18 heavy (non-hydrogen) atoms. The molecule has 3 heteroatoms. The first-order valence-electron chi connectivity index (χ1n) is 7.46. The molecule has 1 heterocycles. The predicted molar refractivity (Wildman–Crippen MR) is 75.9 cm³/mol. The lowest BCUT2D eigenvalue weighted by Crippen LogP contribution is -2.44. The lowest BCUT2D eigenvalue weighted by molar-refractivity contribution is -0.0491. The van der Waals surface area contributed by atoms with E-state index in [0.717, 1.165) is 39.2 Å². The smallest absolute Gasteiger partial charge is 0.0808 e. The fourth-order valence-corrected chi connectivity index (χ4v) is 2.19. The van der Waals surface area contributed by atoms with Gasteiger partial charge in [-0.2, -0.15) is 0 Å². The van der Waals surface area contributed by atoms with Gasteiger partial charge in [0.05, 0.1) is 19.3 Å². The third-order valence-corrected chi connectivity index (χ3v) is 3.55. The highest BCUT2D eigenvalue weighted by molar-refractivity contribution is 4.80. The maximum atomic E-state index is 5.87. The highest BCUT2D eigenvalue weighted by Crippen LogP contribution is 2.20. The molecule has 2 unspecified atom stereocenters. The zero-order chi connectivity index (χ0) is 13.4. The summed E-state index contributed by atoms with van der Waals surface area (Å²) < 4.78 is 11.6. The number of ether oxygens (including phenoxy) is 2. The SMILES string of the molecule is CCCNC(COCC1CCCCO1)C(C)(C)C. The third kappa shape index (κ3) is 6.17. The summed E-state index contributed by atoms with van der Waals surface area (Å²) >= 11 is 0. The summed E-state index contributed by atoms with van der Waals surface area (Å²) in [6.45, 7) is 12.5. The molecule has 1 saturated heterocycles. The van der Waals surface area contributed by atoms with Crippen LogP contribution in [0.3, 0.4) is 0 Å². The Balaban J connectivity index is 2.23. The summed E-state index contributed by atoms with van der Waals surface area (Å²) in [7, 11) is 0. The van der Waals surface area contributed by atoms with Crippen molar-refractivity contribution in [2.45, 2.75) is 65.5 Å². The minimum atomic E-state index is 0.239. The molecule has 0 aliphatic carbocycles. The van der Waals surface area contributed by atoms with Gasteiger partial charge in [0.15, 0.2) is 0 Å². The topological polar surface area (TPSA) is 30.5 Å². The summed E-state index contributed by atoms with van der Waals surface area (Å²) in [5.74, 6) is 0. The Hall–Kier alpha value is -0.120. The zero-order valence-corrected chi connectivity index (χ0v) is 12.6. The molecule has 2 atom stereocenters. The third-order valence-electron chi connectivity index (χ3n) is 3.55. The molecular weight excluding hydrogens is 226 g/mol. The van der Waals surface area contributed by atoms with Gasteiger partial charge in [-0.25, -0.2) is 0 Å². The fraction of sp³-hybridized carbons (Fsp3) is 1.00. The minimum absolute atomic E-state index is 0.239. The second-order valence-electron chi connectivity index (χ2n) is 6.40. The van der Waals surface area contributed by atoms with E-state index < -0.39 is 0 Å². The molecule has 0 aromatic carbocycles. The average molecular weight is 257 g/mol. The van der Waals surface area contributed by atoms with E-state index in [1.165, 1.54) is 12.8 Å². The Morgan fingerprint density at radius 3 is 2.67 bits per heavy atom. The van der Waals surface area contributed by atoms with Crippen molar-refractivity contribution in [3.8, 4) is 0 Å². The molecule has 0 amide bonds. The summed E-state index contributed by atoms with van der Waals surface area (Å²) in [4.78, 5) is 0. The van der Waals surface area contributed by atoms with Crippen molar-refractivity contribution >= 4 is 0 Å². The monoisotopic (exact) mass is 257 g/mol. The van der Waals surface area contributed by atoms with E-state index in [1.54, 1.807) is 0 Å². The molecule has 0 bridgehead atoms. The van der Waals surface area contributed by atoms with E-state index in [0.29, 0.717) is 12.1 Å². The molecule has 3 nitrogen and oxygen atoms in total. The van der Waals surface area contributed by atoms with Gasteiger partial charge in [-0.1, -0.05) is 27.7 Å². The van der Waals surface area contributed by atoms with Gasteiger partial charge < -0.3 is 14.8 Å². The minimum Gasteiger partial charge on any atom is -0.377 e. The molecule has 0 spiro atoms. The van der Waals surface area contributed by atoms with E-state index in [9.17, 15) is 0 Å². The molecule has 0 aromatic heterocycles. The van der Waals surface area contributed by atoms with Crippen molar-refractivity contribution in [2.24, 2.45) is 5.41 Å². The quantitative estimate of drug-likeness (QED) is 0.760. The normalized spacial score (nSPS) is 23.0. The maximum Gasteiger partial charge on any atom is 0.0808 e. The molecule has 108 valence electrons. The largest absolute Gasteiger partial charge is 0.377 e. The van der Waals surface area contributed by atoms with E-state index in [2.05, 4.69) is 33.0 Å². The summed E-state index contributed by atoms with van der Waals surface area (Å²) in [5.41, 5.74) is 0.239. The summed E-state index contributed by atoms with van der Waals surface area (Å²) in [6, 6.07) is 0.418. The van der Waals surface area contributed by atoms with Gasteiger partial charge in [-0.15, -0.1) is 0 Å². The molecule has 1 fully saturated rings.